The highest BCUT2D eigenvalue weighted by Crippen LogP contribution is 2.33. The molecular formula is C18H14N2O2S. The van der Waals surface area contributed by atoms with Crippen LogP contribution in [0.15, 0.2) is 47.8 Å². The maximum atomic E-state index is 11.4. The number of aromatic hydroxyl groups is 1. The molecule has 0 atom stereocenters. The highest BCUT2D eigenvalue weighted by molar-refractivity contribution is 7.13. The summed E-state index contributed by atoms with van der Waals surface area (Å²) in [7, 11) is 0. The lowest BCUT2D eigenvalue weighted by Gasteiger charge is -2.17. The number of phenolic OH excluding ortho intramolecular Hbond substituents is 1. The van der Waals surface area contributed by atoms with Crippen molar-refractivity contribution in [2.45, 2.75) is 12.8 Å². The number of phenols is 1. The minimum Gasteiger partial charge on any atom is -0.508 e. The maximum absolute atomic E-state index is 11.4. The maximum Gasteiger partial charge on any atom is 0.224 e. The largest absolute Gasteiger partial charge is 0.508 e. The van der Waals surface area contributed by atoms with E-state index in [0.717, 1.165) is 39.5 Å². The average molecular weight is 322 g/mol. The quantitative estimate of drug-likeness (QED) is 0.747. The molecule has 1 aliphatic rings. The summed E-state index contributed by atoms with van der Waals surface area (Å²) in [5.41, 5.74) is 4.91. The van der Waals surface area contributed by atoms with Crippen molar-refractivity contribution in [1.29, 1.82) is 0 Å². The fourth-order valence-corrected chi connectivity index (χ4v) is 3.55. The van der Waals surface area contributed by atoms with Gasteiger partial charge in [-0.2, -0.15) is 0 Å². The number of benzene rings is 2. The Hall–Kier alpha value is -2.66. The zero-order chi connectivity index (χ0) is 15.8. The first kappa shape index (κ1) is 14.0. The Morgan fingerprint density at radius 1 is 1.09 bits per heavy atom. The third-order valence-corrected chi connectivity index (χ3v) is 4.79. The van der Waals surface area contributed by atoms with E-state index in [1.54, 1.807) is 23.5 Å². The van der Waals surface area contributed by atoms with Crippen LogP contribution < -0.4 is 5.32 Å². The van der Waals surface area contributed by atoms with E-state index in [2.05, 4.69) is 16.4 Å². The van der Waals surface area contributed by atoms with Crippen molar-refractivity contribution in [2.75, 3.05) is 5.32 Å². The first-order valence-corrected chi connectivity index (χ1v) is 8.25. The second-order valence-corrected chi connectivity index (χ2v) is 6.37. The zero-order valence-electron chi connectivity index (χ0n) is 12.2. The smallest absolute Gasteiger partial charge is 0.224 e. The summed E-state index contributed by atoms with van der Waals surface area (Å²) in [6, 6.07) is 13.1. The lowest BCUT2D eigenvalue weighted by Crippen LogP contribution is -2.18. The molecule has 0 unspecified atom stereocenters. The molecule has 0 fully saturated rings. The molecule has 4 rings (SSSR count). The van der Waals surface area contributed by atoms with Crippen molar-refractivity contribution in [3.8, 4) is 27.6 Å². The number of nitrogens with zero attached hydrogens (tertiary/aromatic N) is 1. The Morgan fingerprint density at radius 3 is 2.87 bits per heavy atom. The molecule has 1 amide bonds. The van der Waals surface area contributed by atoms with E-state index in [-0.39, 0.29) is 11.7 Å². The van der Waals surface area contributed by atoms with E-state index in [0.29, 0.717) is 6.42 Å². The van der Waals surface area contributed by atoms with E-state index >= 15 is 0 Å². The summed E-state index contributed by atoms with van der Waals surface area (Å²) in [5, 5.41) is 15.4. The topological polar surface area (TPSA) is 62.2 Å². The van der Waals surface area contributed by atoms with Crippen LogP contribution in [-0.2, 0) is 11.2 Å². The van der Waals surface area contributed by atoms with Gasteiger partial charge in [-0.15, -0.1) is 11.3 Å². The lowest BCUT2D eigenvalue weighted by molar-refractivity contribution is -0.116. The van der Waals surface area contributed by atoms with Crippen molar-refractivity contribution < 1.29 is 9.90 Å². The van der Waals surface area contributed by atoms with Gasteiger partial charge in [0.15, 0.2) is 0 Å². The van der Waals surface area contributed by atoms with Crippen LogP contribution in [0.1, 0.15) is 12.0 Å². The molecule has 2 heterocycles. The van der Waals surface area contributed by atoms with Crippen LogP contribution in [0.5, 0.6) is 5.75 Å². The molecule has 4 nitrogen and oxygen atoms in total. The number of aromatic nitrogens is 1. The normalized spacial score (nSPS) is 13.5. The molecule has 1 aromatic heterocycles. The van der Waals surface area contributed by atoms with E-state index in [4.69, 9.17) is 0 Å². The van der Waals surface area contributed by atoms with Gasteiger partial charge in [0.1, 0.15) is 10.8 Å². The van der Waals surface area contributed by atoms with Crippen LogP contribution in [-0.4, -0.2) is 16.0 Å². The Morgan fingerprint density at radius 2 is 2.00 bits per heavy atom. The summed E-state index contributed by atoms with van der Waals surface area (Å²) in [6.07, 6.45) is 1.29. The predicted molar refractivity (Wildman–Crippen MR) is 91.6 cm³/mol. The number of hydrogen-bond donors (Lipinski definition) is 2. The third-order valence-electron chi connectivity index (χ3n) is 3.89. The van der Waals surface area contributed by atoms with E-state index in [9.17, 15) is 9.90 Å². The number of amides is 1. The summed E-state index contributed by atoms with van der Waals surface area (Å²) >= 11 is 1.55. The molecule has 0 radical (unpaired) electrons. The monoisotopic (exact) mass is 322 g/mol. The van der Waals surface area contributed by atoms with E-state index < -0.39 is 0 Å². The molecule has 1 aliphatic heterocycles. The SMILES string of the molecule is O=C1CCc2cc(-c3csc(-c4cccc(O)c4)n3)ccc2N1. The zero-order valence-corrected chi connectivity index (χ0v) is 13.1. The molecule has 0 spiro atoms. The molecule has 23 heavy (non-hydrogen) atoms. The average Bonchev–Trinajstić information content (AvgIpc) is 3.04. The van der Waals surface area contributed by atoms with Gasteiger partial charge in [0.25, 0.3) is 0 Å². The highest BCUT2D eigenvalue weighted by Gasteiger charge is 2.16. The van der Waals surface area contributed by atoms with Gasteiger partial charge in [-0.3, -0.25) is 4.79 Å². The minimum atomic E-state index is 0.0741. The number of fused-ring (bicyclic) bond motifs is 1. The lowest BCUT2D eigenvalue weighted by atomic mass is 9.99. The van der Waals surface area contributed by atoms with Crippen molar-refractivity contribution >= 4 is 22.9 Å². The molecule has 0 aliphatic carbocycles. The van der Waals surface area contributed by atoms with Crippen molar-refractivity contribution in [3.63, 3.8) is 0 Å². The molecule has 3 aromatic rings. The molecule has 114 valence electrons. The number of nitrogens with one attached hydrogen (secondary N) is 1. The van der Waals surface area contributed by atoms with Crippen molar-refractivity contribution in [2.24, 2.45) is 0 Å². The fourth-order valence-electron chi connectivity index (χ4n) is 2.72. The molecule has 2 aromatic carbocycles. The van der Waals surface area contributed by atoms with Crippen molar-refractivity contribution in [3.05, 3.63) is 53.4 Å². The van der Waals surface area contributed by atoms with Gasteiger partial charge < -0.3 is 10.4 Å². The molecule has 0 saturated heterocycles. The van der Waals surface area contributed by atoms with Crippen LogP contribution >= 0.6 is 11.3 Å². The molecule has 2 N–H and O–H groups in total. The summed E-state index contributed by atoms with van der Waals surface area (Å²) < 4.78 is 0. The van der Waals surface area contributed by atoms with Gasteiger partial charge in [-0.25, -0.2) is 4.98 Å². The number of carbonyl (C=O) groups excluding carboxylic acids is 1. The molecule has 5 heteroatoms. The molecule has 0 bridgehead atoms. The van der Waals surface area contributed by atoms with Gasteiger partial charge >= 0.3 is 0 Å². The van der Waals surface area contributed by atoms with Gasteiger partial charge in [-0.05, 0) is 36.2 Å². The van der Waals surface area contributed by atoms with Gasteiger partial charge in [0.05, 0.1) is 5.69 Å². The number of rotatable bonds is 2. The number of aryl methyl sites for hydroxylation is 1. The number of anilines is 1. The first-order valence-electron chi connectivity index (χ1n) is 7.37. The Balaban J connectivity index is 1.68. The predicted octanol–water partition coefficient (Wildman–Crippen LogP) is 4.07. The van der Waals surface area contributed by atoms with E-state index in [1.165, 1.54) is 0 Å². The van der Waals surface area contributed by atoms with Crippen molar-refractivity contribution in [1.82, 2.24) is 4.98 Å². The summed E-state index contributed by atoms with van der Waals surface area (Å²) in [6.45, 7) is 0. The van der Waals surface area contributed by atoms with Crippen LogP contribution in [0, 0.1) is 0 Å². The molecular weight excluding hydrogens is 308 g/mol. The van der Waals surface area contributed by atoms with Gasteiger partial charge in [0, 0.05) is 28.6 Å². The standard InChI is InChI=1S/C18H14N2O2S/c21-14-3-1-2-13(9-14)18-20-16(10-23-18)12-4-6-15-11(8-12)5-7-17(22)19-15/h1-4,6,8-10,21H,5,7H2,(H,19,22). The Bertz CT molecular complexity index is 902. The summed E-state index contributed by atoms with van der Waals surface area (Å²) in [5.74, 6) is 0.314. The number of hydrogen-bond acceptors (Lipinski definition) is 4. The van der Waals surface area contributed by atoms with Gasteiger partial charge in [-0.1, -0.05) is 18.2 Å². The highest BCUT2D eigenvalue weighted by atomic mass is 32.1. The molecule has 0 saturated carbocycles. The van der Waals surface area contributed by atoms with Crippen LogP contribution in [0.25, 0.3) is 21.8 Å². The number of thiazole rings is 1. The van der Waals surface area contributed by atoms with Gasteiger partial charge in [0.2, 0.25) is 5.91 Å². The second kappa shape index (κ2) is 5.52. The Labute approximate surface area is 137 Å². The van der Waals surface area contributed by atoms with E-state index in [1.807, 2.05) is 29.6 Å². The van der Waals surface area contributed by atoms with Crippen LogP contribution in [0.3, 0.4) is 0 Å². The van der Waals surface area contributed by atoms with Crippen LogP contribution in [0.4, 0.5) is 5.69 Å². The first-order chi connectivity index (χ1) is 11.2. The third kappa shape index (κ3) is 2.71. The second-order valence-electron chi connectivity index (χ2n) is 5.51. The summed E-state index contributed by atoms with van der Waals surface area (Å²) in [4.78, 5) is 16.1. The fraction of sp³-hybridized carbons (Fsp3) is 0.111. The minimum absolute atomic E-state index is 0.0741. The number of carbonyl (C=O) groups is 1. The van der Waals surface area contributed by atoms with Crippen LogP contribution in [0.2, 0.25) is 0 Å². The Kier molecular flexibility index (Phi) is 3.35.